The van der Waals surface area contributed by atoms with Crippen LogP contribution >= 0.6 is 0 Å². The van der Waals surface area contributed by atoms with Gasteiger partial charge in [-0.3, -0.25) is 0 Å². The molecule has 2 saturated heterocycles. The van der Waals surface area contributed by atoms with Crippen molar-refractivity contribution >= 4 is 17.8 Å². The fourth-order valence-corrected chi connectivity index (χ4v) is 5.34. The average Bonchev–Trinajstić information content (AvgIpc) is 3.62. The molecule has 9 N–H and O–H groups in total. The van der Waals surface area contributed by atoms with E-state index in [4.69, 9.17) is 18.9 Å². The van der Waals surface area contributed by atoms with Crippen LogP contribution in [0.2, 0.25) is 0 Å². The van der Waals surface area contributed by atoms with Gasteiger partial charge in [-0.1, -0.05) is 0 Å². The number of aromatic hydroxyl groups is 6. The molecular weight excluding hydrogens is 532 g/mol. The lowest BCUT2D eigenvalue weighted by Crippen LogP contribution is -2.51. The summed E-state index contributed by atoms with van der Waals surface area (Å²) in [5.74, 6) is -6.24. The summed E-state index contributed by atoms with van der Waals surface area (Å²) in [5, 5.41) is 88.0. The topological polar surface area (TPSA) is 223 Å². The monoisotopic (exact) mass is 564 g/mol. The number of hydrogen-bond donors (Lipinski definition) is 9. The Labute approximate surface area is 228 Å². The number of benzene rings is 2. The number of nitrogens with zero attached hydrogens (tertiary/aromatic N) is 1. The first-order valence-electron chi connectivity index (χ1n) is 12.9. The third-order valence-corrected chi connectivity index (χ3v) is 7.40. The minimum Gasteiger partial charge on any atom is -0.507 e. The van der Waals surface area contributed by atoms with Crippen LogP contribution < -0.4 is 5.32 Å². The molecular formula is C26H32N2O12. The second-order valence-corrected chi connectivity index (χ2v) is 9.85. The molecule has 0 spiro atoms. The zero-order valence-corrected chi connectivity index (χ0v) is 21.3. The molecule has 14 nitrogen and oxygen atoms in total. The van der Waals surface area contributed by atoms with Crippen LogP contribution in [0.15, 0.2) is 17.1 Å². The second-order valence-electron chi connectivity index (χ2n) is 9.85. The zero-order valence-electron chi connectivity index (χ0n) is 21.3. The van der Waals surface area contributed by atoms with Crippen LogP contribution in [0.4, 0.5) is 11.4 Å². The number of phenolic OH excluding ortho intramolecular Hbond substituents is 6. The molecule has 0 bridgehead atoms. The van der Waals surface area contributed by atoms with E-state index in [0.29, 0.717) is 26.1 Å². The SMILES string of the molecule is Oc1cc(O)c(C2C(O)C(c3c(O)cc(O)c(NCOC4CCCO4)c3O)C2O)c(O)c1N=COC1CCCO1. The van der Waals surface area contributed by atoms with E-state index >= 15 is 0 Å². The van der Waals surface area contributed by atoms with E-state index in [1.54, 1.807) is 0 Å². The van der Waals surface area contributed by atoms with Crippen LogP contribution in [0.3, 0.4) is 0 Å². The number of nitrogens with one attached hydrogen (secondary N) is 1. The van der Waals surface area contributed by atoms with Gasteiger partial charge in [0.05, 0.1) is 18.8 Å². The number of phenols is 6. The molecule has 3 aliphatic rings. The normalized spacial score (nSPS) is 28.1. The largest absolute Gasteiger partial charge is 0.507 e. The standard InChI is InChI=1S/C26H32N2O12/c29-11-7-13(31)21(27-9-39-15-3-1-5-37-15)25(35)17(11)19-23(33)20(24(19)34)18-12(30)8-14(32)22(26(18)36)28-10-40-16-4-2-6-38-16/h7-9,15-16,19-20,23-24,28-36H,1-6,10H2. The molecule has 4 unspecified atom stereocenters. The maximum atomic E-state index is 11.0. The predicted octanol–water partition coefficient (Wildman–Crippen LogP) is 1.86. The molecule has 2 heterocycles. The highest BCUT2D eigenvalue weighted by Crippen LogP contribution is 2.59. The fraction of sp³-hybridized carbons (Fsp3) is 0.500. The first-order valence-corrected chi connectivity index (χ1v) is 12.9. The molecule has 0 amide bonds. The molecule has 14 heteroatoms. The van der Waals surface area contributed by atoms with Crippen molar-refractivity contribution in [3.63, 3.8) is 0 Å². The molecule has 4 atom stereocenters. The fourth-order valence-electron chi connectivity index (χ4n) is 5.34. The molecule has 2 aliphatic heterocycles. The molecule has 2 aromatic rings. The van der Waals surface area contributed by atoms with E-state index in [1.165, 1.54) is 0 Å². The second kappa shape index (κ2) is 11.4. The van der Waals surface area contributed by atoms with Crippen molar-refractivity contribution in [1.29, 1.82) is 0 Å². The van der Waals surface area contributed by atoms with Gasteiger partial charge >= 0.3 is 0 Å². The van der Waals surface area contributed by atoms with Gasteiger partial charge in [-0.15, -0.1) is 0 Å². The Morgan fingerprint density at radius 3 is 1.98 bits per heavy atom. The van der Waals surface area contributed by atoms with Crippen molar-refractivity contribution in [2.45, 2.75) is 62.3 Å². The molecule has 218 valence electrons. The molecule has 40 heavy (non-hydrogen) atoms. The summed E-state index contributed by atoms with van der Waals surface area (Å²) in [6, 6.07) is 1.83. The van der Waals surface area contributed by atoms with E-state index in [2.05, 4.69) is 10.3 Å². The van der Waals surface area contributed by atoms with Gasteiger partial charge in [0.15, 0.2) is 24.1 Å². The Balaban J connectivity index is 1.37. The highest BCUT2D eigenvalue weighted by atomic mass is 16.7. The number of aliphatic hydroxyl groups is 2. The third-order valence-electron chi connectivity index (χ3n) is 7.40. The van der Waals surface area contributed by atoms with Crippen LogP contribution in [0.1, 0.15) is 48.6 Å². The van der Waals surface area contributed by atoms with Crippen molar-refractivity contribution in [2.75, 3.05) is 25.3 Å². The molecule has 5 rings (SSSR count). The molecule has 0 radical (unpaired) electrons. The summed E-state index contributed by atoms with van der Waals surface area (Å²) < 4.78 is 21.5. The molecule has 3 fully saturated rings. The Hall–Kier alpha value is -3.69. The van der Waals surface area contributed by atoms with Gasteiger partial charge in [0.2, 0.25) is 6.29 Å². The lowest BCUT2D eigenvalue weighted by molar-refractivity contribution is -0.105. The molecule has 0 aromatic heterocycles. The summed E-state index contributed by atoms with van der Waals surface area (Å²) >= 11 is 0. The first kappa shape index (κ1) is 27.9. The lowest BCUT2D eigenvalue weighted by atomic mass is 9.62. The van der Waals surface area contributed by atoms with Crippen LogP contribution in [0, 0.1) is 0 Å². The predicted molar refractivity (Wildman–Crippen MR) is 137 cm³/mol. The van der Waals surface area contributed by atoms with E-state index < -0.39 is 71.1 Å². The summed E-state index contributed by atoms with van der Waals surface area (Å²) in [5.41, 5.74) is -1.15. The van der Waals surface area contributed by atoms with Gasteiger partial charge < -0.3 is 65.1 Å². The maximum absolute atomic E-state index is 11.0. The number of rotatable bonds is 9. The van der Waals surface area contributed by atoms with Gasteiger partial charge in [-0.2, -0.15) is 0 Å². The van der Waals surface area contributed by atoms with E-state index in [0.717, 1.165) is 31.4 Å². The number of hydrogen-bond acceptors (Lipinski definition) is 14. The van der Waals surface area contributed by atoms with Gasteiger partial charge in [0.1, 0.15) is 41.2 Å². The highest BCUT2D eigenvalue weighted by molar-refractivity contribution is 5.75. The van der Waals surface area contributed by atoms with Crippen molar-refractivity contribution in [3.8, 4) is 34.5 Å². The number of ether oxygens (including phenoxy) is 4. The van der Waals surface area contributed by atoms with Crippen LogP contribution in [-0.4, -0.2) is 92.0 Å². The van der Waals surface area contributed by atoms with Crippen LogP contribution in [0.5, 0.6) is 34.5 Å². The summed E-state index contributed by atoms with van der Waals surface area (Å²) in [7, 11) is 0. The molecule has 2 aromatic carbocycles. The van der Waals surface area contributed by atoms with Gasteiger partial charge in [0.25, 0.3) is 0 Å². The summed E-state index contributed by atoms with van der Waals surface area (Å²) in [6.07, 6.45) is -0.0682. The smallest absolute Gasteiger partial charge is 0.201 e. The maximum Gasteiger partial charge on any atom is 0.201 e. The van der Waals surface area contributed by atoms with Gasteiger partial charge in [0, 0.05) is 54.5 Å². The van der Waals surface area contributed by atoms with Gasteiger partial charge in [-0.25, -0.2) is 4.99 Å². The van der Waals surface area contributed by atoms with Gasteiger partial charge in [-0.05, 0) is 12.8 Å². The third kappa shape index (κ3) is 5.11. The van der Waals surface area contributed by atoms with E-state index in [1.807, 2.05) is 0 Å². The quantitative estimate of drug-likeness (QED) is 0.0698. The van der Waals surface area contributed by atoms with Crippen molar-refractivity contribution in [3.05, 3.63) is 23.3 Å². The van der Waals surface area contributed by atoms with E-state index in [9.17, 15) is 40.9 Å². The first-order chi connectivity index (χ1) is 19.2. The Morgan fingerprint density at radius 2 is 1.38 bits per heavy atom. The van der Waals surface area contributed by atoms with Crippen molar-refractivity contribution in [2.24, 2.45) is 4.99 Å². The average molecular weight is 565 g/mol. The summed E-state index contributed by atoms with van der Waals surface area (Å²) in [6.45, 7) is 0.944. The molecule has 1 aliphatic carbocycles. The van der Waals surface area contributed by atoms with Crippen LogP contribution in [-0.2, 0) is 18.9 Å². The molecule has 1 saturated carbocycles. The Kier molecular flexibility index (Phi) is 7.96. The van der Waals surface area contributed by atoms with Crippen molar-refractivity contribution in [1.82, 2.24) is 0 Å². The summed E-state index contributed by atoms with van der Waals surface area (Å²) in [4.78, 5) is 3.91. The minimum atomic E-state index is -1.53. The van der Waals surface area contributed by atoms with E-state index in [-0.39, 0.29) is 29.2 Å². The highest BCUT2D eigenvalue weighted by Gasteiger charge is 2.54. The Morgan fingerprint density at radius 1 is 0.800 bits per heavy atom. The Bertz CT molecular complexity index is 1250. The number of anilines is 1. The lowest BCUT2D eigenvalue weighted by Gasteiger charge is -2.47. The minimum absolute atomic E-state index is 0.149. The number of aliphatic imine (C=N–C) groups is 1. The van der Waals surface area contributed by atoms with Crippen molar-refractivity contribution < 1.29 is 59.8 Å². The van der Waals surface area contributed by atoms with Crippen LogP contribution in [0.25, 0.3) is 0 Å². The number of aliphatic hydroxyl groups excluding tert-OH is 2. The zero-order chi connectivity index (χ0) is 28.6.